The van der Waals surface area contributed by atoms with Crippen LogP contribution in [-0.4, -0.2) is 31.7 Å². The number of hydrogen-bond donors (Lipinski definition) is 1. The summed E-state index contributed by atoms with van der Waals surface area (Å²) in [5.41, 5.74) is 4.01. The van der Waals surface area contributed by atoms with Gasteiger partial charge in [0, 0.05) is 24.7 Å². The molecule has 0 spiro atoms. The van der Waals surface area contributed by atoms with Crippen molar-refractivity contribution in [1.82, 2.24) is 4.31 Å². The maximum Gasteiger partial charge on any atom is 0.243 e. The van der Waals surface area contributed by atoms with E-state index in [9.17, 15) is 17.6 Å². The largest absolute Gasteiger partial charge is 0.325 e. The molecular formula is C21H25FN2O3S. The van der Waals surface area contributed by atoms with Gasteiger partial charge >= 0.3 is 0 Å². The fraction of sp³-hybridized carbons (Fsp3) is 0.381. The molecule has 3 rings (SSSR count). The van der Waals surface area contributed by atoms with Crippen molar-refractivity contribution in [2.45, 2.75) is 38.5 Å². The molecule has 1 N–H and O–H groups in total. The van der Waals surface area contributed by atoms with E-state index in [1.807, 2.05) is 32.9 Å². The Bertz CT molecular complexity index is 956. The molecule has 1 fully saturated rings. The van der Waals surface area contributed by atoms with Gasteiger partial charge in [-0.25, -0.2) is 12.8 Å². The number of carbonyl (C=O) groups is 1. The van der Waals surface area contributed by atoms with Crippen molar-refractivity contribution in [3.63, 3.8) is 0 Å². The standard InChI is InChI=1S/C21H25FN2O3S/c1-14-12-15(2)20(16(3)13-14)23-21(25)17-8-10-24(11-9-17)28(26,27)19-6-4-18(22)5-7-19/h4-7,12-13,17H,8-11H2,1-3H3,(H,23,25). The molecule has 0 aromatic heterocycles. The summed E-state index contributed by atoms with van der Waals surface area (Å²) in [5, 5.41) is 3.02. The Morgan fingerprint density at radius 1 is 1.04 bits per heavy atom. The average Bonchev–Trinajstić information content (AvgIpc) is 2.65. The first-order valence-corrected chi connectivity index (χ1v) is 10.8. The van der Waals surface area contributed by atoms with Crippen LogP contribution in [0, 0.1) is 32.5 Å². The summed E-state index contributed by atoms with van der Waals surface area (Å²) in [5.74, 6) is -0.787. The molecule has 0 radical (unpaired) electrons. The summed E-state index contributed by atoms with van der Waals surface area (Å²) in [7, 11) is -3.67. The fourth-order valence-corrected chi connectivity index (χ4v) is 5.19. The van der Waals surface area contributed by atoms with Gasteiger partial charge in [-0.1, -0.05) is 17.7 Å². The Morgan fingerprint density at radius 3 is 2.11 bits per heavy atom. The second-order valence-electron chi connectivity index (χ2n) is 7.40. The lowest BCUT2D eigenvalue weighted by Gasteiger charge is -2.30. The lowest BCUT2D eigenvalue weighted by molar-refractivity contribution is -0.120. The molecule has 1 amide bonds. The number of sulfonamides is 1. The zero-order valence-electron chi connectivity index (χ0n) is 16.3. The van der Waals surface area contributed by atoms with Gasteiger partial charge in [-0.15, -0.1) is 0 Å². The molecule has 0 atom stereocenters. The minimum absolute atomic E-state index is 0.0720. The van der Waals surface area contributed by atoms with Crippen LogP contribution < -0.4 is 5.32 Å². The number of amides is 1. The lowest BCUT2D eigenvalue weighted by Crippen LogP contribution is -2.41. The molecule has 2 aromatic carbocycles. The molecule has 1 saturated heterocycles. The Morgan fingerprint density at radius 2 is 1.57 bits per heavy atom. The summed E-state index contributed by atoms with van der Waals surface area (Å²) >= 11 is 0. The van der Waals surface area contributed by atoms with E-state index in [4.69, 9.17) is 0 Å². The second-order valence-corrected chi connectivity index (χ2v) is 9.33. The van der Waals surface area contributed by atoms with Gasteiger partial charge in [0.2, 0.25) is 15.9 Å². The van der Waals surface area contributed by atoms with Crippen LogP contribution in [0.1, 0.15) is 29.5 Å². The Kier molecular flexibility index (Phi) is 5.86. The van der Waals surface area contributed by atoms with Crippen molar-refractivity contribution in [3.05, 3.63) is 58.9 Å². The highest BCUT2D eigenvalue weighted by molar-refractivity contribution is 7.89. The van der Waals surface area contributed by atoms with E-state index in [0.717, 1.165) is 34.5 Å². The third-order valence-corrected chi connectivity index (χ3v) is 7.11. The normalized spacial score (nSPS) is 16.1. The zero-order valence-corrected chi connectivity index (χ0v) is 17.1. The summed E-state index contributed by atoms with van der Waals surface area (Å²) in [4.78, 5) is 12.8. The number of carbonyl (C=O) groups excluding carboxylic acids is 1. The topological polar surface area (TPSA) is 66.5 Å². The lowest BCUT2D eigenvalue weighted by atomic mass is 9.96. The molecule has 5 nitrogen and oxygen atoms in total. The van der Waals surface area contributed by atoms with E-state index in [1.54, 1.807) is 0 Å². The van der Waals surface area contributed by atoms with Gasteiger partial charge in [0.15, 0.2) is 0 Å². The van der Waals surface area contributed by atoms with Crippen LogP contribution in [0.3, 0.4) is 0 Å². The van der Waals surface area contributed by atoms with Crippen molar-refractivity contribution in [2.24, 2.45) is 5.92 Å². The molecule has 2 aromatic rings. The highest BCUT2D eigenvalue weighted by Gasteiger charge is 2.32. The van der Waals surface area contributed by atoms with Crippen LogP contribution in [0.2, 0.25) is 0 Å². The van der Waals surface area contributed by atoms with Gasteiger partial charge in [-0.2, -0.15) is 4.31 Å². The highest BCUT2D eigenvalue weighted by atomic mass is 32.2. The summed E-state index contributed by atoms with van der Waals surface area (Å²) < 4.78 is 39.8. The number of hydrogen-bond acceptors (Lipinski definition) is 3. The Balaban J connectivity index is 1.65. The van der Waals surface area contributed by atoms with Gasteiger partial charge in [0.25, 0.3) is 0 Å². The first-order valence-electron chi connectivity index (χ1n) is 9.33. The number of rotatable bonds is 4. The SMILES string of the molecule is Cc1cc(C)c(NC(=O)C2CCN(S(=O)(=O)c3ccc(F)cc3)CC2)c(C)c1. The maximum absolute atomic E-state index is 13.1. The first-order chi connectivity index (χ1) is 13.2. The first kappa shape index (κ1) is 20.5. The minimum atomic E-state index is -3.67. The van der Waals surface area contributed by atoms with Crippen molar-refractivity contribution in [2.75, 3.05) is 18.4 Å². The van der Waals surface area contributed by atoms with Crippen LogP contribution in [0.15, 0.2) is 41.3 Å². The summed E-state index contributed by atoms with van der Waals surface area (Å²) in [6.07, 6.45) is 0.909. The molecular weight excluding hydrogens is 379 g/mol. The molecule has 0 aliphatic carbocycles. The van der Waals surface area contributed by atoms with Crippen LogP contribution in [-0.2, 0) is 14.8 Å². The highest BCUT2D eigenvalue weighted by Crippen LogP contribution is 2.27. The predicted octanol–water partition coefficient (Wildman–Crippen LogP) is 3.79. The molecule has 7 heteroatoms. The van der Waals surface area contributed by atoms with Gasteiger partial charge < -0.3 is 5.32 Å². The van der Waals surface area contributed by atoms with E-state index in [-0.39, 0.29) is 29.8 Å². The zero-order chi connectivity index (χ0) is 20.5. The van der Waals surface area contributed by atoms with Gasteiger partial charge in [-0.3, -0.25) is 4.79 Å². The van der Waals surface area contributed by atoms with Crippen molar-refractivity contribution < 1.29 is 17.6 Å². The van der Waals surface area contributed by atoms with E-state index in [1.165, 1.54) is 16.4 Å². The molecule has 1 aliphatic rings. The third-order valence-electron chi connectivity index (χ3n) is 5.20. The molecule has 1 heterocycles. The number of halogens is 1. The molecule has 1 aliphatic heterocycles. The molecule has 0 bridgehead atoms. The third kappa shape index (κ3) is 4.25. The van der Waals surface area contributed by atoms with Crippen LogP contribution in [0.25, 0.3) is 0 Å². The molecule has 28 heavy (non-hydrogen) atoms. The van der Waals surface area contributed by atoms with Gasteiger partial charge in [-0.05, 0) is 69.0 Å². The predicted molar refractivity (Wildman–Crippen MR) is 107 cm³/mol. The molecule has 0 unspecified atom stereocenters. The number of anilines is 1. The fourth-order valence-electron chi connectivity index (χ4n) is 3.72. The van der Waals surface area contributed by atoms with Crippen LogP contribution >= 0.6 is 0 Å². The Labute approximate surface area is 165 Å². The van der Waals surface area contributed by atoms with E-state index >= 15 is 0 Å². The molecule has 150 valence electrons. The Hall–Kier alpha value is -2.25. The second kappa shape index (κ2) is 8.01. The van der Waals surface area contributed by atoms with Crippen molar-refractivity contribution in [3.8, 4) is 0 Å². The summed E-state index contributed by atoms with van der Waals surface area (Å²) in [6, 6.07) is 8.87. The quantitative estimate of drug-likeness (QED) is 0.843. The van der Waals surface area contributed by atoms with E-state index in [0.29, 0.717) is 12.8 Å². The minimum Gasteiger partial charge on any atom is -0.325 e. The van der Waals surface area contributed by atoms with Crippen molar-refractivity contribution in [1.29, 1.82) is 0 Å². The van der Waals surface area contributed by atoms with Crippen LogP contribution in [0.5, 0.6) is 0 Å². The number of piperidine rings is 1. The van der Waals surface area contributed by atoms with Gasteiger partial charge in [0.1, 0.15) is 5.82 Å². The number of nitrogens with zero attached hydrogens (tertiary/aromatic N) is 1. The number of aryl methyl sites for hydroxylation is 3. The van der Waals surface area contributed by atoms with E-state index < -0.39 is 15.8 Å². The van der Waals surface area contributed by atoms with Crippen LogP contribution in [0.4, 0.5) is 10.1 Å². The maximum atomic E-state index is 13.1. The average molecular weight is 405 g/mol. The van der Waals surface area contributed by atoms with Gasteiger partial charge in [0.05, 0.1) is 4.90 Å². The number of nitrogens with one attached hydrogen (secondary N) is 1. The van der Waals surface area contributed by atoms with E-state index in [2.05, 4.69) is 5.32 Å². The smallest absolute Gasteiger partial charge is 0.243 e. The monoisotopic (exact) mass is 404 g/mol. The number of benzene rings is 2. The molecule has 0 saturated carbocycles. The van der Waals surface area contributed by atoms with Crippen molar-refractivity contribution >= 4 is 21.6 Å². The summed E-state index contributed by atoms with van der Waals surface area (Å²) in [6.45, 7) is 6.48.